The fraction of sp³-hybridized carbons (Fsp3) is 0.316. The number of carboxylic acids is 1. The summed E-state index contributed by atoms with van der Waals surface area (Å²) < 4.78 is 10.4. The van der Waals surface area contributed by atoms with Gasteiger partial charge in [-0.05, 0) is 41.8 Å². The lowest BCUT2D eigenvalue weighted by Crippen LogP contribution is -2.03. The van der Waals surface area contributed by atoms with Crippen molar-refractivity contribution in [1.82, 2.24) is 0 Å². The average Bonchev–Trinajstić information content (AvgIpc) is 2.61. The van der Waals surface area contributed by atoms with E-state index in [4.69, 9.17) is 14.6 Å². The average molecular weight is 346 g/mol. The van der Waals surface area contributed by atoms with Gasteiger partial charge in [-0.2, -0.15) is 11.8 Å². The molecule has 2 rings (SSSR count). The number of carboxylic acid groups (broad SMARTS) is 1. The fourth-order valence-electron chi connectivity index (χ4n) is 2.36. The summed E-state index contributed by atoms with van der Waals surface area (Å²) in [5.74, 6) is 1.47. The van der Waals surface area contributed by atoms with Crippen LogP contribution in [-0.4, -0.2) is 31.0 Å². The summed E-state index contributed by atoms with van der Waals surface area (Å²) in [5, 5.41) is 9.07. The number of carbonyl (C=O) groups is 1. The first kappa shape index (κ1) is 18.2. The van der Waals surface area contributed by atoms with Crippen LogP contribution >= 0.6 is 11.8 Å². The molecule has 0 aromatic heterocycles. The van der Waals surface area contributed by atoms with E-state index in [0.717, 1.165) is 17.9 Å². The molecule has 0 bridgehead atoms. The zero-order chi connectivity index (χ0) is 17.4. The first-order chi connectivity index (χ1) is 11.6. The SMILES string of the molecule is COc1ccc(CC(SCCC(=O)O)c2ccc(OC)cc2)cc1. The maximum absolute atomic E-state index is 10.8. The first-order valence-electron chi connectivity index (χ1n) is 7.72. The standard InChI is InChI=1S/C19H22O4S/c1-22-16-7-3-14(4-8-16)13-18(24-12-11-19(20)21)15-5-9-17(23-2)10-6-15/h3-10,18H,11-13H2,1-2H3,(H,20,21). The van der Waals surface area contributed by atoms with Crippen LogP contribution in [-0.2, 0) is 11.2 Å². The summed E-state index contributed by atoms with van der Waals surface area (Å²) in [6.07, 6.45) is 1.00. The highest BCUT2D eigenvalue weighted by atomic mass is 32.2. The van der Waals surface area contributed by atoms with E-state index in [2.05, 4.69) is 0 Å². The van der Waals surface area contributed by atoms with Gasteiger partial charge in [0.2, 0.25) is 0 Å². The van der Waals surface area contributed by atoms with Crippen LogP contribution in [0.5, 0.6) is 11.5 Å². The first-order valence-corrected chi connectivity index (χ1v) is 8.77. The van der Waals surface area contributed by atoms with Gasteiger partial charge in [0, 0.05) is 11.0 Å². The van der Waals surface area contributed by atoms with Crippen LogP contribution in [0.25, 0.3) is 0 Å². The summed E-state index contributed by atoms with van der Waals surface area (Å²) in [4.78, 5) is 10.8. The number of thioether (sulfide) groups is 1. The van der Waals surface area contributed by atoms with Crippen molar-refractivity contribution in [3.8, 4) is 11.5 Å². The van der Waals surface area contributed by atoms with E-state index in [-0.39, 0.29) is 11.7 Å². The normalized spacial score (nSPS) is 11.8. The quantitative estimate of drug-likeness (QED) is 0.737. The monoisotopic (exact) mass is 346 g/mol. The zero-order valence-corrected chi connectivity index (χ0v) is 14.7. The highest BCUT2D eigenvalue weighted by Crippen LogP contribution is 2.34. The molecule has 0 saturated heterocycles. The zero-order valence-electron chi connectivity index (χ0n) is 13.9. The molecule has 24 heavy (non-hydrogen) atoms. The third-order valence-electron chi connectivity index (χ3n) is 3.70. The summed E-state index contributed by atoms with van der Waals surface area (Å²) in [7, 11) is 3.29. The van der Waals surface area contributed by atoms with Crippen molar-refractivity contribution in [2.75, 3.05) is 20.0 Å². The van der Waals surface area contributed by atoms with Crippen LogP contribution in [0.4, 0.5) is 0 Å². The minimum Gasteiger partial charge on any atom is -0.497 e. The predicted octanol–water partition coefficient (Wildman–Crippen LogP) is 4.20. The lowest BCUT2D eigenvalue weighted by Gasteiger charge is -2.17. The third-order valence-corrected chi connectivity index (χ3v) is 4.98. The number of aliphatic carboxylic acids is 1. The number of methoxy groups -OCH3 is 2. The molecule has 0 saturated carbocycles. The molecular weight excluding hydrogens is 324 g/mol. The number of benzene rings is 2. The van der Waals surface area contributed by atoms with Crippen LogP contribution in [0.2, 0.25) is 0 Å². The Bertz CT molecular complexity index is 637. The molecule has 0 aliphatic rings. The van der Waals surface area contributed by atoms with Crippen LogP contribution in [0.1, 0.15) is 22.8 Å². The molecule has 2 aromatic carbocycles. The molecule has 128 valence electrons. The highest BCUT2D eigenvalue weighted by molar-refractivity contribution is 7.99. The highest BCUT2D eigenvalue weighted by Gasteiger charge is 2.14. The Hall–Kier alpha value is -2.14. The van der Waals surface area contributed by atoms with Crippen molar-refractivity contribution in [3.05, 3.63) is 59.7 Å². The van der Waals surface area contributed by atoms with Crippen molar-refractivity contribution < 1.29 is 19.4 Å². The Balaban J connectivity index is 2.12. The van der Waals surface area contributed by atoms with Gasteiger partial charge in [0.25, 0.3) is 0 Å². The Morgan fingerprint density at radius 2 is 1.54 bits per heavy atom. The lowest BCUT2D eigenvalue weighted by atomic mass is 10.0. The molecule has 1 unspecified atom stereocenters. The van der Waals surface area contributed by atoms with E-state index in [9.17, 15) is 4.79 Å². The molecule has 5 heteroatoms. The van der Waals surface area contributed by atoms with E-state index in [1.54, 1.807) is 26.0 Å². The molecule has 0 amide bonds. The van der Waals surface area contributed by atoms with E-state index < -0.39 is 5.97 Å². The number of hydrogen-bond acceptors (Lipinski definition) is 4. The van der Waals surface area contributed by atoms with E-state index >= 15 is 0 Å². The van der Waals surface area contributed by atoms with Gasteiger partial charge >= 0.3 is 5.97 Å². The Morgan fingerprint density at radius 3 is 2.04 bits per heavy atom. The maximum Gasteiger partial charge on any atom is 0.304 e. The topological polar surface area (TPSA) is 55.8 Å². The summed E-state index contributed by atoms with van der Waals surface area (Å²) in [6.45, 7) is 0. The molecule has 4 nitrogen and oxygen atoms in total. The van der Waals surface area contributed by atoms with E-state index in [1.807, 2.05) is 48.5 Å². The molecule has 1 N–H and O–H groups in total. The van der Waals surface area contributed by atoms with Gasteiger partial charge in [-0.15, -0.1) is 0 Å². The van der Waals surface area contributed by atoms with Crippen LogP contribution in [0.3, 0.4) is 0 Å². The van der Waals surface area contributed by atoms with Gasteiger partial charge in [0.15, 0.2) is 0 Å². The van der Waals surface area contributed by atoms with E-state index in [0.29, 0.717) is 5.75 Å². The van der Waals surface area contributed by atoms with E-state index in [1.165, 1.54) is 11.1 Å². The molecule has 0 heterocycles. The molecule has 0 spiro atoms. The van der Waals surface area contributed by atoms with Crippen molar-refractivity contribution in [3.63, 3.8) is 0 Å². The molecular formula is C19H22O4S. The molecule has 0 radical (unpaired) electrons. The van der Waals surface area contributed by atoms with Gasteiger partial charge in [0.05, 0.1) is 20.6 Å². The number of ether oxygens (including phenoxy) is 2. The second-order valence-corrected chi connectivity index (χ2v) is 6.64. The second-order valence-electron chi connectivity index (χ2n) is 5.33. The van der Waals surface area contributed by atoms with Crippen LogP contribution in [0, 0.1) is 0 Å². The van der Waals surface area contributed by atoms with Gasteiger partial charge in [0.1, 0.15) is 11.5 Å². The van der Waals surface area contributed by atoms with Gasteiger partial charge in [-0.1, -0.05) is 24.3 Å². The largest absolute Gasteiger partial charge is 0.497 e. The van der Waals surface area contributed by atoms with Crippen molar-refractivity contribution in [2.24, 2.45) is 0 Å². The summed E-state index contributed by atoms with van der Waals surface area (Å²) in [5.41, 5.74) is 2.36. The summed E-state index contributed by atoms with van der Waals surface area (Å²) >= 11 is 1.67. The van der Waals surface area contributed by atoms with Crippen molar-refractivity contribution >= 4 is 17.7 Å². The predicted molar refractivity (Wildman–Crippen MR) is 97.1 cm³/mol. The molecule has 0 aliphatic heterocycles. The summed E-state index contributed by atoms with van der Waals surface area (Å²) in [6, 6.07) is 16.0. The Labute approximate surface area is 146 Å². The smallest absolute Gasteiger partial charge is 0.304 e. The van der Waals surface area contributed by atoms with Crippen LogP contribution < -0.4 is 9.47 Å². The molecule has 1 atom stereocenters. The van der Waals surface area contributed by atoms with Crippen molar-refractivity contribution in [2.45, 2.75) is 18.1 Å². The molecule has 0 aliphatic carbocycles. The maximum atomic E-state index is 10.8. The Morgan fingerprint density at radius 1 is 1.00 bits per heavy atom. The van der Waals surface area contributed by atoms with Gasteiger partial charge < -0.3 is 14.6 Å². The second kappa shape index (κ2) is 9.23. The molecule has 0 fully saturated rings. The van der Waals surface area contributed by atoms with Crippen molar-refractivity contribution in [1.29, 1.82) is 0 Å². The minimum absolute atomic E-state index is 0.167. The van der Waals surface area contributed by atoms with Crippen LogP contribution in [0.15, 0.2) is 48.5 Å². The number of hydrogen-bond donors (Lipinski definition) is 1. The van der Waals surface area contributed by atoms with Gasteiger partial charge in [-0.3, -0.25) is 4.79 Å². The molecule has 2 aromatic rings. The lowest BCUT2D eigenvalue weighted by molar-refractivity contribution is -0.136. The fourth-order valence-corrected chi connectivity index (χ4v) is 3.59. The number of rotatable bonds is 9. The third kappa shape index (κ3) is 5.49. The Kier molecular flexibility index (Phi) is 7.00. The van der Waals surface area contributed by atoms with Gasteiger partial charge in [-0.25, -0.2) is 0 Å². The minimum atomic E-state index is -0.763.